The van der Waals surface area contributed by atoms with Crippen molar-refractivity contribution in [2.45, 2.75) is 33.1 Å². The van der Waals surface area contributed by atoms with E-state index < -0.39 is 0 Å². The fourth-order valence-corrected chi connectivity index (χ4v) is 3.60. The number of anilines is 1. The van der Waals surface area contributed by atoms with E-state index in [1.807, 2.05) is 18.2 Å². The Balaban J connectivity index is 1.78. The molecule has 19 heavy (non-hydrogen) atoms. The van der Waals surface area contributed by atoms with Gasteiger partial charge in [0.25, 0.3) is 5.91 Å². The number of benzene rings is 1. The van der Waals surface area contributed by atoms with E-state index >= 15 is 0 Å². The summed E-state index contributed by atoms with van der Waals surface area (Å²) in [4.78, 5) is 14.4. The first-order chi connectivity index (χ1) is 9.13. The highest BCUT2D eigenvalue weighted by molar-refractivity contribution is 7.14. The molecule has 2 nitrogen and oxygen atoms in total. The quantitative estimate of drug-likeness (QED) is 0.875. The van der Waals surface area contributed by atoms with Crippen molar-refractivity contribution >= 4 is 22.9 Å². The molecule has 0 saturated carbocycles. The standard InChI is InChI=1S/C16H17NOS/c1-10-6-7-13(8-11(10)2)17-16(18)15-9-12-4-3-5-14(12)19-15/h6-9H,3-5H2,1-2H3,(H,17,18). The number of rotatable bonds is 2. The van der Waals surface area contributed by atoms with Gasteiger partial charge in [0, 0.05) is 10.6 Å². The molecular formula is C16H17NOS. The molecular weight excluding hydrogens is 254 g/mol. The van der Waals surface area contributed by atoms with Crippen LogP contribution in [-0.4, -0.2) is 5.91 Å². The van der Waals surface area contributed by atoms with Gasteiger partial charge in [0.15, 0.2) is 0 Å². The largest absolute Gasteiger partial charge is 0.321 e. The lowest BCUT2D eigenvalue weighted by atomic mass is 10.1. The van der Waals surface area contributed by atoms with Crippen molar-refractivity contribution in [1.82, 2.24) is 0 Å². The van der Waals surface area contributed by atoms with Crippen LogP contribution >= 0.6 is 11.3 Å². The van der Waals surface area contributed by atoms with E-state index in [0.717, 1.165) is 23.4 Å². The first-order valence-electron chi connectivity index (χ1n) is 6.63. The predicted octanol–water partition coefficient (Wildman–Crippen LogP) is 4.11. The van der Waals surface area contributed by atoms with E-state index in [0.29, 0.717) is 0 Å². The van der Waals surface area contributed by atoms with Gasteiger partial charge in [-0.1, -0.05) is 6.07 Å². The molecule has 0 aliphatic heterocycles. The summed E-state index contributed by atoms with van der Waals surface area (Å²) >= 11 is 1.64. The smallest absolute Gasteiger partial charge is 0.265 e. The minimum atomic E-state index is 0.0163. The molecule has 0 saturated heterocycles. The van der Waals surface area contributed by atoms with Crippen LogP contribution < -0.4 is 5.32 Å². The predicted molar refractivity (Wildman–Crippen MR) is 80.2 cm³/mol. The molecule has 3 heteroatoms. The molecule has 1 aliphatic rings. The van der Waals surface area contributed by atoms with E-state index in [1.54, 1.807) is 11.3 Å². The molecule has 0 radical (unpaired) electrons. The summed E-state index contributed by atoms with van der Waals surface area (Å²) < 4.78 is 0. The zero-order valence-corrected chi connectivity index (χ0v) is 12.1. The summed E-state index contributed by atoms with van der Waals surface area (Å²) in [6, 6.07) is 8.08. The summed E-state index contributed by atoms with van der Waals surface area (Å²) in [6.07, 6.45) is 3.50. The van der Waals surface area contributed by atoms with Gasteiger partial charge in [0.2, 0.25) is 0 Å². The van der Waals surface area contributed by atoms with Gasteiger partial charge >= 0.3 is 0 Å². The second kappa shape index (κ2) is 4.82. The van der Waals surface area contributed by atoms with E-state index in [4.69, 9.17) is 0 Å². The Morgan fingerprint density at radius 3 is 2.74 bits per heavy atom. The lowest BCUT2D eigenvalue weighted by Crippen LogP contribution is -2.10. The number of carbonyl (C=O) groups is 1. The molecule has 2 aromatic rings. The number of fused-ring (bicyclic) bond motifs is 1. The molecule has 0 spiro atoms. The molecule has 0 atom stereocenters. The Labute approximate surface area is 117 Å². The third kappa shape index (κ3) is 2.43. The average molecular weight is 271 g/mol. The van der Waals surface area contributed by atoms with E-state index in [-0.39, 0.29) is 5.91 Å². The molecule has 0 bridgehead atoms. The van der Waals surface area contributed by atoms with Crippen LogP contribution in [0.15, 0.2) is 24.3 Å². The Hall–Kier alpha value is -1.61. The maximum atomic E-state index is 12.2. The number of thiophene rings is 1. The number of aryl methyl sites for hydroxylation is 4. The van der Waals surface area contributed by atoms with Crippen molar-refractivity contribution < 1.29 is 4.79 Å². The molecule has 98 valence electrons. The lowest BCUT2D eigenvalue weighted by Gasteiger charge is -2.06. The van der Waals surface area contributed by atoms with Crippen molar-refractivity contribution in [2.75, 3.05) is 5.32 Å². The normalized spacial score (nSPS) is 13.4. The van der Waals surface area contributed by atoms with Crippen molar-refractivity contribution in [1.29, 1.82) is 0 Å². The highest BCUT2D eigenvalue weighted by atomic mass is 32.1. The zero-order valence-electron chi connectivity index (χ0n) is 11.2. The molecule has 1 aliphatic carbocycles. The van der Waals surface area contributed by atoms with Crippen LogP contribution in [0.4, 0.5) is 5.69 Å². The topological polar surface area (TPSA) is 29.1 Å². The van der Waals surface area contributed by atoms with Crippen LogP contribution in [0, 0.1) is 13.8 Å². The van der Waals surface area contributed by atoms with Gasteiger partial charge < -0.3 is 5.32 Å². The Bertz CT molecular complexity index is 621. The van der Waals surface area contributed by atoms with Crippen LogP contribution in [0.5, 0.6) is 0 Å². The summed E-state index contributed by atoms with van der Waals surface area (Å²) in [6.45, 7) is 4.13. The fourth-order valence-electron chi connectivity index (χ4n) is 2.45. The van der Waals surface area contributed by atoms with Gasteiger partial charge in [0.1, 0.15) is 0 Å². The molecule has 1 aromatic heterocycles. The highest BCUT2D eigenvalue weighted by Crippen LogP contribution is 2.31. The van der Waals surface area contributed by atoms with Crippen molar-refractivity contribution in [3.8, 4) is 0 Å². The minimum absolute atomic E-state index is 0.0163. The van der Waals surface area contributed by atoms with Gasteiger partial charge in [-0.25, -0.2) is 0 Å². The molecule has 1 heterocycles. The van der Waals surface area contributed by atoms with Gasteiger partial charge in [-0.15, -0.1) is 11.3 Å². The molecule has 1 N–H and O–H groups in total. The number of hydrogen-bond acceptors (Lipinski definition) is 2. The van der Waals surface area contributed by atoms with Crippen molar-refractivity contribution in [2.24, 2.45) is 0 Å². The van der Waals surface area contributed by atoms with Crippen molar-refractivity contribution in [3.05, 3.63) is 50.7 Å². The number of hydrogen-bond donors (Lipinski definition) is 1. The Morgan fingerprint density at radius 2 is 2.00 bits per heavy atom. The van der Waals surface area contributed by atoms with Crippen LogP contribution in [0.1, 0.15) is 37.7 Å². The summed E-state index contributed by atoms with van der Waals surface area (Å²) in [5, 5.41) is 2.99. The SMILES string of the molecule is Cc1ccc(NC(=O)c2cc3c(s2)CCC3)cc1C. The van der Waals surface area contributed by atoms with Crippen LogP contribution in [0.25, 0.3) is 0 Å². The third-order valence-corrected chi connectivity index (χ3v) is 4.97. The molecule has 3 rings (SSSR count). The van der Waals surface area contributed by atoms with Gasteiger partial charge in [0.05, 0.1) is 4.88 Å². The third-order valence-electron chi connectivity index (χ3n) is 3.74. The van der Waals surface area contributed by atoms with Gasteiger partial charge in [-0.05, 0) is 68.0 Å². The monoisotopic (exact) mass is 271 g/mol. The van der Waals surface area contributed by atoms with Gasteiger partial charge in [-0.3, -0.25) is 4.79 Å². The second-order valence-electron chi connectivity index (χ2n) is 5.17. The molecule has 1 amide bonds. The van der Waals surface area contributed by atoms with Crippen LogP contribution in [0.3, 0.4) is 0 Å². The molecule has 0 fully saturated rings. The maximum Gasteiger partial charge on any atom is 0.265 e. The summed E-state index contributed by atoms with van der Waals surface area (Å²) in [5.74, 6) is 0.0163. The Morgan fingerprint density at radius 1 is 1.16 bits per heavy atom. The summed E-state index contributed by atoms with van der Waals surface area (Å²) in [7, 11) is 0. The number of nitrogens with one attached hydrogen (secondary N) is 1. The maximum absolute atomic E-state index is 12.2. The molecule has 1 aromatic carbocycles. The zero-order chi connectivity index (χ0) is 13.4. The fraction of sp³-hybridized carbons (Fsp3) is 0.312. The number of carbonyl (C=O) groups excluding carboxylic acids is 1. The number of amides is 1. The van der Waals surface area contributed by atoms with E-state index in [1.165, 1.54) is 28.0 Å². The lowest BCUT2D eigenvalue weighted by molar-refractivity contribution is 0.103. The van der Waals surface area contributed by atoms with E-state index in [2.05, 4.69) is 25.2 Å². The van der Waals surface area contributed by atoms with Gasteiger partial charge in [-0.2, -0.15) is 0 Å². The molecule has 0 unspecified atom stereocenters. The van der Waals surface area contributed by atoms with Crippen LogP contribution in [-0.2, 0) is 12.8 Å². The van der Waals surface area contributed by atoms with Crippen LogP contribution in [0.2, 0.25) is 0 Å². The highest BCUT2D eigenvalue weighted by Gasteiger charge is 2.18. The van der Waals surface area contributed by atoms with E-state index in [9.17, 15) is 4.79 Å². The minimum Gasteiger partial charge on any atom is -0.321 e. The first-order valence-corrected chi connectivity index (χ1v) is 7.45. The Kier molecular flexibility index (Phi) is 3.15. The summed E-state index contributed by atoms with van der Waals surface area (Å²) in [5.41, 5.74) is 4.69. The average Bonchev–Trinajstić information content (AvgIpc) is 2.94. The first kappa shape index (κ1) is 12.4. The van der Waals surface area contributed by atoms with Crippen molar-refractivity contribution in [3.63, 3.8) is 0 Å². The second-order valence-corrected chi connectivity index (χ2v) is 6.30.